The lowest BCUT2D eigenvalue weighted by Crippen LogP contribution is -2.13. The second-order valence-electron chi connectivity index (χ2n) is 3.96. The van der Waals surface area contributed by atoms with Crippen molar-refractivity contribution in [1.29, 1.82) is 0 Å². The molecule has 1 aromatic carbocycles. The maximum Gasteiger partial charge on any atom is 0.277 e. The van der Waals surface area contributed by atoms with Gasteiger partial charge in [0.2, 0.25) is 0 Å². The van der Waals surface area contributed by atoms with E-state index in [1.54, 1.807) is 0 Å². The number of hydrogen-bond donors (Lipinski definition) is 2. The first-order valence-corrected chi connectivity index (χ1v) is 5.89. The lowest BCUT2D eigenvalue weighted by Gasteiger charge is -2.05. The second kappa shape index (κ2) is 6.11. The Morgan fingerprint density at radius 1 is 1.55 bits per heavy atom. The molecule has 0 saturated carbocycles. The van der Waals surface area contributed by atoms with Crippen LogP contribution in [0.1, 0.15) is 10.5 Å². The predicted molar refractivity (Wildman–Crippen MR) is 70.0 cm³/mol. The van der Waals surface area contributed by atoms with Crippen molar-refractivity contribution in [3.8, 4) is 5.75 Å². The van der Waals surface area contributed by atoms with E-state index in [2.05, 4.69) is 15.6 Å². The van der Waals surface area contributed by atoms with E-state index in [1.807, 2.05) is 0 Å². The molecule has 1 heterocycles. The minimum absolute atomic E-state index is 0.108. The van der Waals surface area contributed by atoms with Crippen LogP contribution >= 0.6 is 0 Å². The molecule has 0 unspecified atom stereocenters. The molecular formula is C12H14FN5O2. The number of nitrogens with one attached hydrogen (secondary N) is 1. The number of halogens is 1. The van der Waals surface area contributed by atoms with Crippen LogP contribution in [-0.2, 0) is 6.54 Å². The molecular weight excluding hydrogens is 265 g/mol. The topological polar surface area (TPSA) is 95.1 Å². The van der Waals surface area contributed by atoms with Crippen LogP contribution in [0.2, 0.25) is 0 Å². The summed E-state index contributed by atoms with van der Waals surface area (Å²) >= 11 is 0. The van der Waals surface area contributed by atoms with Crippen LogP contribution in [0.15, 0.2) is 24.4 Å². The SMILES string of the molecule is COc1ccc(NC(=O)c2cn(CCN)nn2)cc1F. The average molecular weight is 279 g/mol. The molecule has 0 aliphatic rings. The molecule has 0 aliphatic carbocycles. The minimum atomic E-state index is -0.558. The van der Waals surface area contributed by atoms with Crippen molar-refractivity contribution >= 4 is 11.6 Å². The first-order chi connectivity index (χ1) is 9.63. The molecule has 0 radical (unpaired) electrons. The standard InChI is InChI=1S/C12H14FN5O2/c1-20-11-3-2-8(6-9(11)13)15-12(19)10-7-18(5-4-14)17-16-10/h2-3,6-7H,4-5,14H2,1H3,(H,15,19). The molecule has 0 saturated heterocycles. The maximum atomic E-state index is 13.5. The van der Waals surface area contributed by atoms with Crippen molar-refractivity contribution < 1.29 is 13.9 Å². The zero-order valence-electron chi connectivity index (χ0n) is 10.8. The minimum Gasteiger partial charge on any atom is -0.494 e. The van der Waals surface area contributed by atoms with Gasteiger partial charge in [0.05, 0.1) is 19.9 Å². The van der Waals surface area contributed by atoms with Gasteiger partial charge in [0, 0.05) is 18.3 Å². The van der Waals surface area contributed by atoms with E-state index < -0.39 is 11.7 Å². The molecule has 0 spiro atoms. The smallest absolute Gasteiger partial charge is 0.277 e. The molecule has 2 rings (SSSR count). The summed E-state index contributed by atoms with van der Waals surface area (Å²) in [4.78, 5) is 11.9. The van der Waals surface area contributed by atoms with Gasteiger partial charge < -0.3 is 15.8 Å². The lowest BCUT2D eigenvalue weighted by molar-refractivity contribution is 0.102. The van der Waals surface area contributed by atoms with Crippen LogP contribution in [0.3, 0.4) is 0 Å². The van der Waals surface area contributed by atoms with Gasteiger partial charge in [-0.25, -0.2) is 4.39 Å². The summed E-state index contributed by atoms with van der Waals surface area (Å²) in [6.07, 6.45) is 1.47. The zero-order chi connectivity index (χ0) is 14.5. The van der Waals surface area contributed by atoms with E-state index in [9.17, 15) is 9.18 Å². The quantitative estimate of drug-likeness (QED) is 0.837. The number of carbonyl (C=O) groups is 1. The van der Waals surface area contributed by atoms with Crippen molar-refractivity contribution in [1.82, 2.24) is 15.0 Å². The number of rotatable bonds is 5. The van der Waals surface area contributed by atoms with Gasteiger partial charge in [0.25, 0.3) is 5.91 Å². The summed E-state index contributed by atoms with van der Waals surface area (Å²) in [5.74, 6) is -0.924. The fraction of sp³-hybridized carbons (Fsp3) is 0.250. The number of amides is 1. The Morgan fingerprint density at radius 2 is 2.35 bits per heavy atom. The van der Waals surface area contributed by atoms with Gasteiger partial charge in [-0.15, -0.1) is 5.10 Å². The van der Waals surface area contributed by atoms with Crippen LogP contribution < -0.4 is 15.8 Å². The fourth-order valence-electron chi connectivity index (χ4n) is 1.58. The van der Waals surface area contributed by atoms with Gasteiger partial charge in [-0.05, 0) is 12.1 Å². The number of nitrogens with zero attached hydrogens (tertiary/aromatic N) is 3. The van der Waals surface area contributed by atoms with E-state index >= 15 is 0 Å². The van der Waals surface area contributed by atoms with E-state index in [-0.39, 0.29) is 11.4 Å². The van der Waals surface area contributed by atoms with Crippen LogP contribution in [0, 0.1) is 5.82 Å². The zero-order valence-corrected chi connectivity index (χ0v) is 10.8. The number of ether oxygens (including phenoxy) is 1. The third kappa shape index (κ3) is 3.09. The van der Waals surface area contributed by atoms with Gasteiger partial charge in [0.15, 0.2) is 17.3 Å². The van der Waals surface area contributed by atoms with Crippen molar-refractivity contribution in [3.05, 3.63) is 35.9 Å². The van der Waals surface area contributed by atoms with Gasteiger partial charge >= 0.3 is 0 Å². The maximum absolute atomic E-state index is 13.5. The normalized spacial score (nSPS) is 10.3. The average Bonchev–Trinajstić information content (AvgIpc) is 2.88. The van der Waals surface area contributed by atoms with Gasteiger partial charge in [0.1, 0.15) is 0 Å². The van der Waals surface area contributed by atoms with Gasteiger partial charge in [-0.2, -0.15) is 0 Å². The molecule has 7 nitrogen and oxygen atoms in total. The Balaban J connectivity index is 2.08. The first-order valence-electron chi connectivity index (χ1n) is 5.89. The van der Waals surface area contributed by atoms with Crippen LogP contribution in [0.4, 0.5) is 10.1 Å². The number of nitrogens with two attached hydrogens (primary N) is 1. The van der Waals surface area contributed by atoms with Crippen molar-refractivity contribution in [2.75, 3.05) is 19.0 Å². The highest BCUT2D eigenvalue weighted by atomic mass is 19.1. The Hall–Kier alpha value is -2.48. The summed E-state index contributed by atoms with van der Waals surface area (Å²) in [5.41, 5.74) is 5.81. The second-order valence-corrected chi connectivity index (χ2v) is 3.96. The molecule has 1 aromatic heterocycles. The van der Waals surface area contributed by atoms with Gasteiger partial charge in [-0.3, -0.25) is 9.48 Å². The molecule has 106 valence electrons. The van der Waals surface area contributed by atoms with Crippen molar-refractivity contribution in [2.45, 2.75) is 6.54 Å². The number of hydrogen-bond acceptors (Lipinski definition) is 5. The molecule has 8 heteroatoms. The first kappa shape index (κ1) is 13.9. The largest absolute Gasteiger partial charge is 0.494 e. The molecule has 1 amide bonds. The van der Waals surface area contributed by atoms with Crippen molar-refractivity contribution in [3.63, 3.8) is 0 Å². The Bertz CT molecular complexity index is 614. The molecule has 20 heavy (non-hydrogen) atoms. The molecule has 0 aliphatic heterocycles. The number of aromatic nitrogens is 3. The molecule has 0 bridgehead atoms. The predicted octanol–water partition coefficient (Wildman–Crippen LogP) is 0.637. The number of methoxy groups -OCH3 is 1. The third-order valence-corrected chi connectivity index (χ3v) is 2.54. The third-order valence-electron chi connectivity index (χ3n) is 2.54. The number of anilines is 1. The molecule has 3 N–H and O–H groups in total. The summed E-state index contributed by atoms with van der Waals surface area (Å²) < 4.78 is 19.7. The van der Waals surface area contributed by atoms with Crippen LogP contribution in [-0.4, -0.2) is 34.6 Å². The van der Waals surface area contributed by atoms with Crippen LogP contribution in [0.5, 0.6) is 5.75 Å². The summed E-state index contributed by atoms with van der Waals surface area (Å²) in [7, 11) is 1.37. The Morgan fingerprint density at radius 3 is 3.00 bits per heavy atom. The van der Waals surface area contributed by atoms with Crippen LogP contribution in [0.25, 0.3) is 0 Å². The number of carbonyl (C=O) groups excluding carboxylic acids is 1. The number of benzene rings is 1. The summed E-state index contributed by atoms with van der Waals surface area (Å²) in [6.45, 7) is 0.867. The Labute approximate surface area is 114 Å². The molecule has 0 fully saturated rings. The van der Waals surface area contributed by atoms with Crippen molar-refractivity contribution in [2.24, 2.45) is 5.73 Å². The van der Waals surface area contributed by atoms with E-state index in [1.165, 1.54) is 36.2 Å². The lowest BCUT2D eigenvalue weighted by atomic mass is 10.3. The van der Waals surface area contributed by atoms with Gasteiger partial charge in [-0.1, -0.05) is 5.21 Å². The Kier molecular flexibility index (Phi) is 4.26. The molecule has 2 aromatic rings. The monoisotopic (exact) mass is 279 g/mol. The summed E-state index contributed by atoms with van der Waals surface area (Å²) in [5, 5.41) is 9.98. The molecule has 0 atom stereocenters. The highest BCUT2D eigenvalue weighted by molar-refractivity contribution is 6.02. The highest BCUT2D eigenvalue weighted by Gasteiger charge is 2.12. The van der Waals surface area contributed by atoms with E-state index in [0.29, 0.717) is 18.8 Å². The van der Waals surface area contributed by atoms with E-state index in [4.69, 9.17) is 10.5 Å². The van der Waals surface area contributed by atoms with E-state index in [0.717, 1.165) is 0 Å². The fourth-order valence-corrected chi connectivity index (χ4v) is 1.58. The highest BCUT2D eigenvalue weighted by Crippen LogP contribution is 2.20. The summed E-state index contributed by atoms with van der Waals surface area (Å²) in [6, 6.07) is 4.13.